The Labute approximate surface area is 144 Å². The van der Waals surface area contributed by atoms with E-state index in [0.717, 1.165) is 23.2 Å². The summed E-state index contributed by atoms with van der Waals surface area (Å²) < 4.78 is 23.0. The molecule has 0 aliphatic rings. The number of thiophene rings is 1. The predicted molar refractivity (Wildman–Crippen MR) is 90.9 cm³/mol. The highest BCUT2D eigenvalue weighted by atomic mass is 32.2. The number of nitrogens with one attached hydrogen (secondary N) is 1. The highest BCUT2D eigenvalue weighted by molar-refractivity contribution is 7.90. The molecule has 24 heavy (non-hydrogen) atoms. The van der Waals surface area contributed by atoms with Crippen LogP contribution in [0.4, 0.5) is 0 Å². The second-order valence-corrected chi connectivity index (χ2v) is 8.21. The first-order valence-electron chi connectivity index (χ1n) is 7.13. The van der Waals surface area contributed by atoms with E-state index in [2.05, 4.69) is 5.32 Å². The molecule has 1 aromatic carbocycles. The molecule has 1 amide bonds. The summed E-state index contributed by atoms with van der Waals surface area (Å²) in [6.07, 6.45) is 1.24. The number of carboxylic acid groups (broad SMARTS) is 1. The lowest BCUT2D eigenvalue weighted by Gasteiger charge is -2.18. The van der Waals surface area contributed by atoms with Gasteiger partial charge in [0, 0.05) is 18.1 Å². The Hall–Kier alpha value is -2.19. The number of benzene rings is 1. The highest BCUT2D eigenvalue weighted by Gasteiger charge is 2.19. The topological polar surface area (TPSA) is 101 Å². The molecule has 128 valence electrons. The van der Waals surface area contributed by atoms with Crippen molar-refractivity contribution in [2.24, 2.45) is 0 Å². The van der Waals surface area contributed by atoms with Gasteiger partial charge in [-0.2, -0.15) is 0 Å². The molecule has 8 heteroatoms. The number of hydrogen-bond donors (Lipinski definition) is 2. The number of sulfone groups is 1. The molecule has 0 saturated heterocycles. The minimum absolute atomic E-state index is 0.0845. The number of hydrogen-bond acceptors (Lipinski definition) is 5. The second kappa shape index (κ2) is 7.59. The van der Waals surface area contributed by atoms with Gasteiger partial charge in [-0.05, 0) is 18.1 Å². The van der Waals surface area contributed by atoms with Crippen molar-refractivity contribution in [1.29, 1.82) is 0 Å². The zero-order chi connectivity index (χ0) is 17.7. The van der Waals surface area contributed by atoms with E-state index in [1.807, 2.05) is 30.3 Å². The van der Waals surface area contributed by atoms with Crippen LogP contribution in [0.15, 0.2) is 46.7 Å². The first-order valence-corrected chi connectivity index (χ1v) is 9.90. The van der Waals surface area contributed by atoms with Crippen molar-refractivity contribution in [3.8, 4) is 0 Å². The van der Waals surface area contributed by atoms with Crippen molar-refractivity contribution in [2.75, 3.05) is 6.26 Å². The van der Waals surface area contributed by atoms with Gasteiger partial charge in [0.15, 0.2) is 9.84 Å². The zero-order valence-corrected chi connectivity index (χ0v) is 14.6. The standard InChI is InChI=1S/C16H17NO5S2/c1-24(21,22)12-9-14(23-10-12)16(20)17-13(7-8-15(18)19)11-5-3-2-4-6-11/h2-6,9-10,13H,7-8H2,1H3,(H,17,20)(H,18,19). The normalized spacial score (nSPS) is 12.5. The smallest absolute Gasteiger partial charge is 0.303 e. The fourth-order valence-electron chi connectivity index (χ4n) is 2.14. The largest absolute Gasteiger partial charge is 0.481 e. The van der Waals surface area contributed by atoms with Gasteiger partial charge >= 0.3 is 5.97 Å². The first kappa shape index (κ1) is 18.2. The number of aliphatic carboxylic acids is 1. The van der Waals surface area contributed by atoms with Gasteiger partial charge in [0.1, 0.15) is 0 Å². The van der Waals surface area contributed by atoms with Crippen LogP contribution in [0.1, 0.15) is 34.1 Å². The van der Waals surface area contributed by atoms with Gasteiger partial charge in [-0.1, -0.05) is 30.3 Å². The zero-order valence-electron chi connectivity index (χ0n) is 12.9. The molecule has 2 rings (SSSR count). The van der Waals surface area contributed by atoms with Crippen molar-refractivity contribution in [3.63, 3.8) is 0 Å². The predicted octanol–water partition coefficient (Wildman–Crippen LogP) is 2.49. The summed E-state index contributed by atoms with van der Waals surface area (Å²) in [5.74, 6) is -1.37. The Morgan fingerprint density at radius 2 is 1.92 bits per heavy atom. The summed E-state index contributed by atoms with van der Waals surface area (Å²) in [5, 5.41) is 13.1. The summed E-state index contributed by atoms with van der Waals surface area (Å²) >= 11 is 1.04. The summed E-state index contributed by atoms with van der Waals surface area (Å²) in [4.78, 5) is 23.6. The molecule has 0 saturated carbocycles. The summed E-state index contributed by atoms with van der Waals surface area (Å²) in [7, 11) is -3.36. The molecule has 2 aromatic rings. The third-order valence-corrected chi connectivity index (χ3v) is 5.55. The lowest BCUT2D eigenvalue weighted by molar-refractivity contribution is -0.137. The molecule has 0 fully saturated rings. The Balaban J connectivity index is 2.17. The van der Waals surface area contributed by atoms with Gasteiger partial charge < -0.3 is 10.4 Å². The van der Waals surface area contributed by atoms with Gasteiger partial charge in [-0.15, -0.1) is 11.3 Å². The third kappa shape index (κ3) is 4.90. The van der Waals surface area contributed by atoms with Crippen LogP contribution in [-0.2, 0) is 14.6 Å². The van der Waals surface area contributed by atoms with E-state index < -0.39 is 27.8 Å². The molecule has 0 bridgehead atoms. The molecule has 0 aliphatic carbocycles. The van der Waals surface area contributed by atoms with Crippen LogP contribution >= 0.6 is 11.3 Å². The molecule has 1 atom stereocenters. The van der Waals surface area contributed by atoms with E-state index in [0.29, 0.717) is 0 Å². The summed E-state index contributed by atoms with van der Waals surface area (Å²) in [6.45, 7) is 0. The van der Waals surface area contributed by atoms with Gasteiger partial charge in [0.2, 0.25) is 0 Å². The van der Waals surface area contributed by atoms with Gasteiger partial charge in [-0.25, -0.2) is 8.42 Å². The van der Waals surface area contributed by atoms with Crippen LogP contribution in [0.5, 0.6) is 0 Å². The van der Waals surface area contributed by atoms with Gasteiger partial charge in [-0.3, -0.25) is 9.59 Å². The number of amides is 1. The number of carboxylic acids is 1. The Morgan fingerprint density at radius 1 is 1.25 bits per heavy atom. The van der Waals surface area contributed by atoms with Gasteiger partial charge in [0.25, 0.3) is 5.91 Å². The van der Waals surface area contributed by atoms with Crippen molar-refractivity contribution in [1.82, 2.24) is 5.32 Å². The molecule has 6 nitrogen and oxygen atoms in total. The van der Waals surface area contributed by atoms with Crippen LogP contribution in [0, 0.1) is 0 Å². The molecule has 1 unspecified atom stereocenters. The maximum Gasteiger partial charge on any atom is 0.303 e. The highest BCUT2D eigenvalue weighted by Crippen LogP contribution is 2.22. The fourth-order valence-corrected chi connectivity index (χ4v) is 4.06. The van der Waals surface area contributed by atoms with Crippen LogP contribution < -0.4 is 5.32 Å². The van der Waals surface area contributed by atoms with Crippen LogP contribution in [-0.4, -0.2) is 31.7 Å². The van der Waals surface area contributed by atoms with E-state index in [4.69, 9.17) is 5.11 Å². The molecule has 1 aromatic heterocycles. The SMILES string of the molecule is CS(=O)(=O)c1csc(C(=O)NC(CCC(=O)O)c2ccccc2)c1. The maximum atomic E-state index is 12.4. The Morgan fingerprint density at radius 3 is 2.46 bits per heavy atom. The number of carbonyl (C=O) groups excluding carboxylic acids is 1. The average Bonchev–Trinajstić information content (AvgIpc) is 3.02. The Bertz CT molecular complexity index is 827. The molecule has 1 heterocycles. The van der Waals surface area contributed by atoms with Crippen LogP contribution in [0.25, 0.3) is 0 Å². The van der Waals surface area contributed by atoms with Gasteiger partial charge in [0.05, 0.1) is 15.8 Å². The van der Waals surface area contributed by atoms with Crippen LogP contribution in [0.2, 0.25) is 0 Å². The number of carbonyl (C=O) groups is 2. The maximum absolute atomic E-state index is 12.4. The fraction of sp³-hybridized carbons (Fsp3) is 0.250. The monoisotopic (exact) mass is 367 g/mol. The first-order chi connectivity index (χ1) is 11.3. The van der Waals surface area contributed by atoms with E-state index in [1.54, 1.807) is 0 Å². The third-order valence-electron chi connectivity index (χ3n) is 3.38. The molecule has 0 spiro atoms. The molecular formula is C16H17NO5S2. The van der Waals surface area contributed by atoms with Crippen molar-refractivity contribution < 1.29 is 23.1 Å². The minimum atomic E-state index is -3.36. The average molecular weight is 367 g/mol. The lowest BCUT2D eigenvalue weighted by atomic mass is 10.0. The van der Waals surface area contributed by atoms with Crippen molar-refractivity contribution in [3.05, 3.63) is 52.2 Å². The second-order valence-electron chi connectivity index (χ2n) is 5.29. The molecular weight excluding hydrogens is 350 g/mol. The van der Waals surface area contributed by atoms with E-state index >= 15 is 0 Å². The van der Waals surface area contributed by atoms with E-state index in [9.17, 15) is 18.0 Å². The van der Waals surface area contributed by atoms with Crippen molar-refractivity contribution >= 4 is 33.1 Å². The van der Waals surface area contributed by atoms with E-state index in [-0.39, 0.29) is 22.6 Å². The lowest BCUT2D eigenvalue weighted by Crippen LogP contribution is -2.28. The summed E-state index contributed by atoms with van der Waals surface area (Å²) in [5.41, 5.74) is 0.798. The number of rotatable bonds is 7. The molecule has 0 radical (unpaired) electrons. The quantitative estimate of drug-likeness (QED) is 0.783. The van der Waals surface area contributed by atoms with Crippen LogP contribution in [0.3, 0.4) is 0 Å². The molecule has 2 N–H and O–H groups in total. The summed E-state index contributed by atoms with van der Waals surface area (Å²) in [6, 6.07) is 9.93. The Kier molecular flexibility index (Phi) is 5.74. The minimum Gasteiger partial charge on any atom is -0.481 e. The van der Waals surface area contributed by atoms with Crippen molar-refractivity contribution in [2.45, 2.75) is 23.8 Å². The molecule has 0 aliphatic heterocycles. The van der Waals surface area contributed by atoms with E-state index in [1.165, 1.54) is 11.4 Å².